The van der Waals surface area contributed by atoms with Crippen molar-refractivity contribution in [2.75, 3.05) is 26.2 Å². The molecule has 0 spiro atoms. The molecular formula is C15H23F3N4O2S. The summed E-state index contributed by atoms with van der Waals surface area (Å²) < 4.78 is 68.5. The normalized spacial score (nSPS) is 24.6. The van der Waals surface area contributed by atoms with Gasteiger partial charge in [-0.05, 0) is 25.7 Å². The van der Waals surface area contributed by atoms with Gasteiger partial charge in [0.05, 0.1) is 0 Å². The summed E-state index contributed by atoms with van der Waals surface area (Å²) in [5.74, 6) is -0.0275. The fourth-order valence-corrected chi connectivity index (χ4v) is 5.39. The van der Waals surface area contributed by atoms with Crippen molar-refractivity contribution in [3.05, 3.63) is 17.7 Å². The van der Waals surface area contributed by atoms with Crippen molar-refractivity contribution < 1.29 is 21.6 Å². The maximum Gasteiger partial charge on any atom is 0.434 e. The Morgan fingerprint density at radius 3 is 2.32 bits per heavy atom. The molecule has 0 aromatic carbocycles. The zero-order valence-corrected chi connectivity index (χ0v) is 15.0. The van der Waals surface area contributed by atoms with Crippen LogP contribution in [0.15, 0.2) is 6.20 Å². The number of rotatable bonds is 3. The Morgan fingerprint density at radius 2 is 1.72 bits per heavy atom. The van der Waals surface area contributed by atoms with Crippen LogP contribution in [-0.4, -0.2) is 52.8 Å². The molecule has 0 saturated carbocycles. The van der Waals surface area contributed by atoms with Crippen LogP contribution in [-0.2, 0) is 23.4 Å². The van der Waals surface area contributed by atoms with Crippen molar-refractivity contribution in [3.8, 4) is 0 Å². The van der Waals surface area contributed by atoms with E-state index in [0.29, 0.717) is 38.3 Å². The van der Waals surface area contributed by atoms with E-state index in [1.165, 1.54) is 20.2 Å². The van der Waals surface area contributed by atoms with Gasteiger partial charge < -0.3 is 4.57 Å². The van der Waals surface area contributed by atoms with Crippen LogP contribution >= 0.6 is 0 Å². The van der Waals surface area contributed by atoms with E-state index in [9.17, 15) is 21.6 Å². The van der Waals surface area contributed by atoms with Gasteiger partial charge in [-0.25, -0.2) is 4.98 Å². The Balaban J connectivity index is 1.78. The van der Waals surface area contributed by atoms with Crippen molar-refractivity contribution in [2.24, 2.45) is 7.05 Å². The largest absolute Gasteiger partial charge is 0.434 e. The lowest BCUT2D eigenvalue weighted by Crippen LogP contribution is -2.49. The molecule has 2 fully saturated rings. The van der Waals surface area contributed by atoms with Gasteiger partial charge in [0.25, 0.3) is 10.2 Å². The van der Waals surface area contributed by atoms with Crippen LogP contribution < -0.4 is 0 Å². The predicted molar refractivity (Wildman–Crippen MR) is 86.1 cm³/mol. The van der Waals surface area contributed by atoms with E-state index < -0.39 is 22.1 Å². The van der Waals surface area contributed by atoms with E-state index in [1.54, 1.807) is 0 Å². The Morgan fingerprint density at radius 1 is 1.08 bits per heavy atom. The summed E-state index contributed by atoms with van der Waals surface area (Å²) in [7, 11) is -2.03. The average Bonchev–Trinajstić information content (AvgIpc) is 2.98. The van der Waals surface area contributed by atoms with Crippen molar-refractivity contribution >= 4 is 10.2 Å². The molecule has 3 heterocycles. The summed E-state index contributed by atoms with van der Waals surface area (Å²) in [6, 6.07) is 0. The van der Waals surface area contributed by atoms with Crippen LogP contribution in [0.4, 0.5) is 13.2 Å². The van der Waals surface area contributed by atoms with Gasteiger partial charge in [0.1, 0.15) is 5.82 Å². The molecule has 0 bridgehead atoms. The van der Waals surface area contributed by atoms with Crippen LogP contribution in [0.1, 0.15) is 49.5 Å². The van der Waals surface area contributed by atoms with Crippen LogP contribution in [0.3, 0.4) is 0 Å². The molecule has 25 heavy (non-hydrogen) atoms. The standard InChI is InChI=1S/C15H23F3N4O2S/c1-20-11-13(15(16,17)18)19-14(20)12-6-5-9-22(10-12)25(23,24)21-7-3-2-4-8-21/h11-12H,2-10H2,1H3. The van der Waals surface area contributed by atoms with Gasteiger partial charge in [-0.2, -0.15) is 30.2 Å². The number of piperidine rings is 2. The molecule has 1 aromatic heterocycles. The third kappa shape index (κ3) is 3.85. The fourth-order valence-electron chi connectivity index (χ4n) is 3.62. The summed E-state index contributed by atoms with van der Waals surface area (Å²) >= 11 is 0. The molecule has 2 aliphatic rings. The molecular weight excluding hydrogens is 357 g/mol. The maximum atomic E-state index is 12.9. The van der Waals surface area contributed by atoms with Gasteiger partial charge >= 0.3 is 6.18 Å². The highest BCUT2D eigenvalue weighted by Gasteiger charge is 2.38. The van der Waals surface area contributed by atoms with E-state index >= 15 is 0 Å². The Labute approximate surface area is 145 Å². The molecule has 6 nitrogen and oxygen atoms in total. The topological polar surface area (TPSA) is 58.4 Å². The molecule has 1 unspecified atom stereocenters. The van der Waals surface area contributed by atoms with Gasteiger partial charge in [-0.15, -0.1) is 0 Å². The Bertz CT molecular complexity index is 711. The van der Waals surface area contributed by atoms with Crippen molar-refractivity contribution in [2.45, 2.75) is 44.2 Å². The van der Waals surface area contributed by atoms with Crippen LogP contribution in [0, 0.1) is 0 Å². The molecule has 3 rings (SSSR count). The first-order valence-electron chi connectivity index (χ1n) is 8.55. The van der Waals surface area contributed by atoms with E-state index in [2.05, 4.69) is 4.98 Å². The zero-order chi connectivity index (χ0) is 18.2. The zero-order valence-electron chi connectivity index (χ0n) is 14.2. The third-order valence-corrected chi connectivity index (χ3v) is 6.92. The molecule has 1 aromatic rings. The van der Waals surface area contributed by atoms with Gasteiger partial charge in [-0.3, -0.25) is 0 Å². The molecule has 0 aliphatic carbocycles. The molecule has 142 valence electrons. The van der Waals surface area contributed by atoms with Gasteiger partial charge in [0.15, 0.2) is 5.69 Å². The fraction of sp³-hybridized carbons (Fsp3) is 0.800. The third-order valence-electron chi connectivity index (χ3n) is 4.92. The number of imidazole rings is 1. The van der Waals surface area contributed by atoms with Gasteiger partial charge in [0, 0.05) is 45.3 Å². The molecule has 1 atom stereocenters. The summed E-state index contributed by atoms with van der Waals surface area (Å²) in [5, 5.41) is 0. The number of aryl methyl sites for hydroxylation is 1. The Hall–Kier alpha value is -1.13. The molecule has 2 aliphatic heterocycles. The predicted octanol–water partition coefficient (Wildman–Crippen LogP) is 2.35. The second-order valence-electron chi connectivity index (χ2n) is 6.76. The van der Waals surface area contributed by atoms with Crippen molar-refractivity contribution in [3.63, 3.8) is 0 Å². The molecule has 2 saturated heterocycles. The summed E-state index contributed by atoms with van der Waals surface area (Å²) in [5.41, 5.74) is -0.930. The Kier molecular flexibility index (Phi) is 5.13. The molecule has 0 radical (unpaired) electrons. The van der Waals surface area contributed by atoms with Crippen LogP contribution in [0.5, 0.6) is 0 Å². The lowest BCUT2D eigenvalue weighted by Gasteiger charge is -2.36. The number of alkyl halides is 3. The van der Waals surface area contributed by atoms with E-state index in [-0.39, 0.29) is 12.5 Å². The smallest absolute Gasteiger partial charge is 0.337 e. The van der Waals surface area contributed by atoms with Crippen molar-refractivity contribution in [1.29, 1.82) is 0 Å². The number of nitrogens with zero attached hydrogens (tertiary/aromatic N) is 4. The van der Waals surface area contributed by atoms with Crippen LogP contribution in [0.25, 0.3) is 0 Å². The van der Waals surface area contributed by atoms with Crippen LogP contribution in [0.2, 0.25) is 0 Å². The SMILES string of the molecule is Cn1cc(C(F)(F)F)nc1C1CCCN(S(=O)(=O)N2CCCCC2)C1. The summed E-state index contributed by atoms with van der Waals surface area (Å²) in [6.07, 6.45) is 0.454. The first kappa shape index (κ1) is 18.7. The molecule has 10 heteroatoms. The van der Waals surface area contributed by atoms with E-state index in [0.717, 1.165) is 25.5 Å². The highest BCUT2D eigenvalue weighted by Crippen LogP contribution is 2.33. The average molecular weight is 380 g/mol. The van der Waals surface area contributed by atoms with Gasteiger partial charge in [0.2, 0.25) is 0 Å². The minimum absolute atomic E-state index is 0.182. The first-order valence-corrected chi connectivity index (χ1v) is 9.95. The highest BCUT2D eigenvalue weighted by molar-refractivity contribution is 7.86. The first-order chi connectivity index (χ1) is 11.7. The number of aromatic nitrogens is 2. The monoisotopic (exact) mass is 380 g/mol. The summed E-state index contributed by atoms with van der Waals surface area (Å²) in [4.78, 5) is 3.74. The minimum Gasteiger partial charge on any atom is -0.337 e. The van der Waals surface area contributed by atoms with Gasteiger partial charge in [-0.1, -0.05) is 6.42 Å². The van der Waals surface area contributed by atoms with Crippen molar-refractivity contribution in [1.82, 2.24) is 18.2 Å². The summed E-state index contributed by atoms with van der Waals surface area (Å²) in [6.45, 7) is 1.63. The molecule has 0 amide bonds. The number of hydrogen-bond acceptors (Lipinski definition) is 3. The quantitative estimate of drug-likeness (QED) is 0.809. The number of halogens is 3. The maximum absolute atomic E-state index is 12.9. The second-order valence-corrected chi connectivity index (χ2v) is 8.69. The minimum atomic E-state index is -4.50. The van der Waals surface area contributed by atoms with E-state index in [1.807, 2.05) is 0 Å². The van der Waals surface area contributed by atoms with E-state index in [4.69, 9.17) is 0 Å². The second kappa shape index (κ2) is 6.88. The number of hydrogen-bond donors (Lipinski definition) is 0. The molecule has 0 N–H and O–H groups in total. The lowest BCUT2D eigenvalue weighted by atomic mass is 9.99. The highest BCUT2D eigenvalue weighted by atomic mass is 32.2. The lowest BCUT2D eigenvalue weighted by molar-refractivity contribution is -0.141.